The highest BCUT2D eigenvalue weighted by atomic mass is 79.9. The molecular weight excluding hydrogens is 329 g/mol. The normalized spacial score (nSPS) is 25.4. The van der Waals surface area contributed by atoms with E-state index in [0.717, 1.165) is 12.5 Å². The fourth-order valence-corrected chi connectivity index (χ4v) is 2.99. The maximum atomic E-state index is 13.2. The van der Waals surface area contributed by atoms with E-state index in [9.17, 15) is 19.1 Å². The van der Waals surface area contributed by atoms with E-state index in [2.05, 4.69) is 21.2 Å². The predicted octanol–water partition coefficient (Wildman–Crippen LogP) is 2.96. The summed E-state index contributed by atoms with van der Waals surface area (Å²) in [6.45, 7) is 1.63. The quantitative estimate of drug-likeness (QED) is 0.886. The van der Waals surface area contributed by atoms with Crippen molar-refractivity contribution in [3.8, 4) is 0 Å². The lowest BCUT2D eigenvalue weighted by atomic mass is 9.85. The summed E-state index contributed by atoms with van der Waals surface area (Å²) in [6.07, 6.45) is 1.89. The molecule has 0 radical (unpaired) electrons. The summed E-state index contributed by atoms with van der Waals surface area (Å²) >= 11 is 3.19. The molecule has 2 atom stereocenters. The third kappa shape index (κ3) is 2.70. The van der Waals surface area contributed by atoms with Gasteiger partial charge in [0.05, 0.1) is 11.0 Å². The Kier molecular flexibility index (Phi) is 4.13. The Balaban J connectivity index is 2.19. The number of carboxylic acid groups (broad SMARTS) is 1. The standard InChI is InChI=1S/C14H15BrFNO3/c1-14(13(19)20)6-2-3-11(14)17-12(18)9-7-8(16)4-5-10(9)15/h4-5,7,11H,2-3,6H2,1H3,(H,17,18)(H,19,20). The van der Waals surface area contributed by atoms with Gasteiger partial charge < -0.3 is 10.4 Å². The molecule has 4 nitrogen and oxygen atoms in total. The van der Waals surface area contributed by atoms with Gasteiger partial charge in [-0.25, -0.2) is 4.39 Å². The zero-order valence-corrected chi connectivity index (χ0v) is 12.5. The molecule has 108 valence electrons. The summed E-state index contributed by atoms with van der Waals surface area (Å²) in [5.41, 5.74) is -0.792. The maximum Gasteiger partial charge on any atom is 0.311 e. The summed E-state index contributed by atoms with van der Waals surface area (Å²) < 4.78 is 13.7. The van der Waals surface area contributed by atoms with Gasteiger partial charge in [-0.2, -0.15) is 0 Å². The smallest absolute Gasteiger partial charge is 0.311 e. The van der Waals surface area contributed by atoms with Crippen molar-refractivity contribution in [1.29, 1.82) is 0 Å². The van der Waals surface area contributed by atoms with Crippen LogP contribution in [0, 0.1) is 11.2 Å². The van der Waals surface area contributed by atoms with Crippen LogP contribution in [0.1, 0.15) is 36.5 Å². The molecule has 20 heavy (non-hydrogen) atoms. The van der Waals surface area contributed by atoms with Crippen LogP contribution in [-0.4, -0.2) is 23.0 Å². The number of aliphatic carboxylic acids is 1. The second-order valence-corrected chi connectivity index (χ2v) is 6.12. The third-order valence-electron chi connectivity index (χ3n) is 3.92. The van der Waals surface area contributed by atoms with Crippen molar-refractivity contribution in [1.82, 2.24) is 5.32 Å². The van der Waals surface area contributed by atoms with E-state index in [1.165, 1.54) is 12.1 Å². The van der Waals surface area contributed by atoms with Crippen LogP contribution in [0.25, 0.3) is 0 Å². The fraction of sp³-hybridized carbons (Fsp3) is 0.429. The first-order valence-electron chi connectivity index (χ1n) is 6.34. The number of carboxylic acids is 1. The lowest BCUT2D eigenvalue weighted by Gasteiger charge is -2.27. The Bertz CT molecular complexity index is 563. The number of halogens is 2. The highest BCUT2D eigenvalue weighted by Crippen LogP contribution is 2.38. The number of benzene rings is 1. The maximum absolute atomic E-state index is 13.2. The van der Waals surface area contributed by atoms with Crippen LogP contribution in [0.15, 0.2) is 22.7 Å². The molecule has 0 heterocycles. The SMILES string of the molecule is CC1(C(=O)O)CCCC1NC(=O)c1cc(F)ccc1Br. The van der Waals surface area contributed by atoms with Gasteiger partial charge in [-0.15, -0.1) is 0 Å². The first-order chi connectivity index (χ1) is 9.34. The highest BCUT2D eigenvalue weighted by Gasteiger charge is 2.46. The first-order valence-corrected chi connectivity index (χ1v) is 7.13. The van der Waals surface area contributed by atoms with Crippen molar-refractivity contribution in [3.05, 3.63) is 34.1 Å². The number of amides is 1. The number of carbonyl (C=O) groups is 2. The topological polar surface area (TPSA) is 66.4 Å². The Morgan fingerprint density at radius 2 is 2.20 bits per heavy atom. The van der Waals surface area contributed by atoms with Crippen molar-refractivity contribution < 1.29 is 19.1 Å². The summed E-state index contributed by atoms with van der Waals surface area (Å²) in [5.74, 6) is -1.89. The molecule has 1 aromatic carbocycles. The molecule has 0 bridgehead atoms. The monoisotopic (exact) mass is 343 g/mol. The van der Waals surface area contributed by atoms with Gasteiger partial charge in [-0.3, -0.25) is 9.59 Å². The van der Waals surface area contributed by atoms with E-state index < -0.39 is 29.2 Å². The van der Waals surface area contributed by atoms with Gasteiger partial charge in [0, 0.05) is 10.5 Å². The van der Waals surface area contributed by atoms with Crippen molar-refractivity contribution >= 4 is 27.8 Å². The third-order valence-corrected chi connectivity index (χ3v) is 4.62. The van der Waals surface area contributed by atoms with Crippen LogP contribution in [-0.2, 0) is 4.79 Å². The Labute approximate surface area is 124 Å². The van der Waals surface area contributed by atoms with Crippen LogP contribution in [0.5, 0.6) is 0 Å². The molecule has 0 spiro atoms. The lowest BCUT2D eigenvalue weighted by molar-refractivity contribution is -0.148. The molecule has 2 unspecified atom stereocenters. The van der Waals surface area contributed by atoms with E-state index in [1.54, 1.807) is 6.92 Å². The Hall–Kier alpha value is -1.43. The molecular formula is C14H15BrFNO3. The van der Waals surface area contributed by atoms with Crippen LogP contribution in [0.2, 0.25) is 0 Å². The minimum absolute atomic E-state index is 0.171. The second kappa shape index (κ2) is 5.52. The predicted molar refractivity (Wildman–Crippen MR) is 74.9 cm³/mol. The zero-order valence-electron chi connectivity index (χ0n) is 11.0. The highest BCUT2D eigenvalue weighted by molar-refractivity contribution is 9.10. The Morgan fingerprint density at radius 1 is 1.50 bits per heavy atom. The summed E-state index contributed by atoms with van der Waals surface area (Å²) in [4.78, 5) is 23.5. The van der Waals surface area contributed by atoms with E-state index in [-0.39, 0.29) is 5.56 Å². The average molecular weight is 344 g/mol. The molecule has 1 aliphatic carbocycles. The number of rotatable bonds is 3. The summed E-state index contributed by atoms with van der Waals surface area (Å²) in [6, 6.07) is 3.39. The number of hydrogen-bond donors (Lipinski definition) is 2. The van der Waals surface area contributed by atoms with Gasteiger partial charge in [-0.05, 0) is 53.9 Å². The van der Waals surface area contributed by atoms with Crippen molar-refractivity contribution in [3.63, 3.8) is 0 Å². The lowest BCUT2D eigenvalue weighted by Crippen LogP contribution is -2.47. The average Bonchev–Trinajstić information content (AvgIpc) is 2.75. The largest absolute Gasteiger partial charge is 0.481 e. The van der Waals surface area contributed by atoms with Crippen LogP contribution in [0.4, 0.5) is 4.39 Å². The number of carbonyl (C=O) groups excluding carboxylic acids is 1. The fourth-order valence-electron chi connectivity index (χ4n) is 2.56. The van der Waals surface area contributed by atoms with E-state index in [4.69, 9.17) is 0 Å². The molecule has 1 fully saturated rings. The second-order valence-electron chi connectivity index (χ2n) is 5.27. The molecule has 1 saturated carbocycles. The van der Waals surface area contributed by atoms with Gasteiger partial charge >= 0.3 is 5.97 Å². The molecule has 6 heteroatoms. The minimum atomic E-state index is -0.963. The molecule has 0 aromatic heterocycles. The molecule has 2 rings (SSSR count). The summed E-state index contributed by atoms with van der Waals surface area (Å²) in [7, 11) is 0. The minimum Gasteiger partial charge on any atom is -0.481 e. The van der Waals surface area contributed by atoms with E-state index in [0.29, 0.717) is 17.3 Å². The molecule has 1 amide bonds. The van der Waals surface area contributed by atoms with E-state index in [1.807, 2.05) is 0 Å². The van der Waals surface area contributed by atoms with Gasteiger partial charge in [-0.1, -0.05) is 6.42 Å². The molecule has 2 N–H and O–H groups in total. The van der Waals surface area contributed by atoms with Gasteiger partial charge in [0.1, 0.15) is 5.82 Å². The van der Waals surface area contributed by atoms with E-state index >= 15 is 0 Å². The molecule has 0 aliphatic heterocycles. The molecule has 0 saturated heterocycles. The Morgan fingerprint density at radius 3 is 2.85 bits per heavy atom. The van der Waals surface area contributed by atoms with Crippen molar-refractivity contribution in [2.45, 2.75) is 32.2 Å². The zero-order chi connectivity index (χ0) is 14.9. The number of nitrogens with one attached hydrogen (secondary N) is 1. The number of hydrogen-bond acceptors (Lipinski definition) is 2. The van der Waals surface area contributed by atoms with Crippen molar-refractivity contribution in [2.24, 2.45) is 5.41 Å². The van der Waals surface area contributed by atoms with Crippen LogP contribution >= 0.6 is 15.9 Å². The van der Waals surface area contributed by atoms with Gasteiger partial charge in [0.2, 0.25) is 0 Å². The summed E-state index contributed by atoms with van der Waals surface area (Å²) in [5, 5.41) is 12.0. The molecule has 1 aromatic rings. The van der Waals surface area contributed by atoms with Gasteiger partial charge in [0.25, 0.3) is 5.91 Å². The van der Waals surface area contributed by atoms with Crippen LogP contribution < -0.4 is 5.32 Å². The van der Waals surface area contributed by atoms with Crippen molar-refractivity contribution in [2.75, 3.05) is 0 Å². The first kappa shape index (κ1) is 15.0. The van der Waals surface area contributed by atoms with Crippen LogP contribution in [0.3, 0.4) is 0 Å². The molecule has 1 aliphatic rings. The van der Waals surface area contributed by atoms with Gasteiger partial charge in [0.15, 0.2) is 0 Å².